The third kappa shape index (κ3) is 1.77. The van der Waals surface area contributed by atoms with E-state index in [1.807, 2.05) is 18.7 Å². The van der Waals surface area contributed by atoms with Crippen LogP contribution in [-0.4, -0.2) is 39.3 Å². The number of hydrogen-bond donors (Lipinski definition) is 1. The van der Waals surface area contributed by atoms with Gasteiger partial charge in [0.1, 0.15) is 0 Å². The second-order valence-corrected chi connectivity index (χ2v) is 5.71. The highest BCUT2D eigenvalue weighted by molar-refractivity contribution is 5.77. The van der Waals surface area contributed by atoms with E-state index in [9.17, 15) is 9.90 Å². The molecule has 2 heterocycles. The minimum absolute atomic E-state index is 0.218. The number of aromatic nitrogens is 3. The monoisotopic (exact) mass is 262 g/mol. The molecule has 1 saturated carbocycles. The maximum atomic E-state index is 11.6. The summed E-state index contributed by atoms with van der Waals surface area (Å²) < 4.78 is 0. The highest BCUT2D eigenvalue weighted by atomic mass is 16.4. The summed E-state index contributed by atoms with van der Waals surface area (Å²) in [6.07, 6.45) is 2.76. The molecule has 1 aliphatic carbocycles. The molecule has 3 rings (SSSR count). The summed E-state index contributed by atoms with van der Waals surface area (Å²) in [5, 5.41) is 17.7. The van der Waals surface area contributed by atoms with Crippen LogP contribution in [0.5, 0.6) is 0 Å². The lowest BCUT2D eigenvalue weighted by atomic mass is 9.81. The summed E-state index contributed by atoms with van der Waals surface area (Å²) >= 11 is 0. The van der Waals surface area contributed by atoms with Crippen molar-refractivity contribution in [1.29, 1.82) is 0 Å². The Morgan fingerprint density at radius 2 is 2.16 bits per heavy atom. The fourth-order valence-electron chi connectivity index (χ4n) is 3.37. The molecule has 6 heteroatoms. The maximum Gasteiger partial charge on any atom is 0.311 e. The van der Waals surface area contributed by atoms with Gasteiger partial charge in [-0.05, 0) is 32.6 Å². The van der Waals surface area contributed by atoms with Crippen molar-refractivity contribution in [1.82, 2.24) is 15.2 Å². The molecule has 0 radical (unpaired) electrons. The largest absolute Gasteiger partial charge is 0.481 e. The molecular weight excluding hydrogens is 244 g/mol. The highest BCUT2D eigenvalue weighted by Crippen LogP contribution is 2.49. The normalized spacial score (nSPS) is 29.6. The summed E-state index contributed by atoms with van der Waals surface area (Å²) in [7, 11) is 0. The SMILES string of the molecule is Cc1nnc(N2C[C@@H]3CCC[C@@]3(C(=O)O)C2)nc1C. The fraction of sp³-hybridized carbons (Fsp3) is 0.692. The topological polar surface area (TPSA) is 79.2 Å². The van der Waals surface area contributed by atoms with E-state index >= 15 is 0 Å². The molecule has 1 aromatic heterocycles. The minimum Gasteiger partial charge on any atom is -0.481 e. The molecule has 0 spiro atoms. The number of aliphatic carboxylic acids is 1. The summed E-state index contributed by atoms with van der Waals surface area (Å²) in [5.41, 5.74) is 1.07. The summed E-state index contributed by atoms with van der Waals surface area (Å²) in [6, 6.07) is 0. The van der Waals surface area contributed by atoms with Crippen molar-refractivity contribution in [2.24, 2.45) is 11.3 Å². The van der Waals surface area contributed by atoms with Crippen molar-refractivity contribution in [3.8, 4) is 0 Å². The van der Waals surface area contributed by atoms with Crippen molar-refractivity contribution < 1.29 is 9.90 Å². The van der Waals surface area contributed by atoms with E-state index < -0.39 is 11.4 Å². The van der Waals surface area contributed by atoms with Crippen LogP contribution in [-0.2, 0) is 4.79 Å². The first-order chi connectivity index (χ1) is 9.03. The van der Waals surface area contributed by atoms with Gasteiger partial charge in [-0.1, -0.05) is 6.42 Å². The molecule has 0 amide bonds. The van der Waals surface area contributed by atoms with E-state index in [0.29, 0.717) is 12.5 Å². The number of rotatable bonds is 2. The van der Waals surface area contributed by atoms with E-state index in [2.05, 4.69) is 15.2 Å². The molecule has 6 nitrogen and oxygen atoms in total. The van der Waals surface area contributed by atoms with Crippen LogP contribution in [0.3, 0.4) is 0 Å². The lowest BCUT2D eigenvalue weighted by molar-refractivity contribution is -0.149. The van der Waals surface area contributed by atoms with Crippen molar-refractivity contribution in [2.75, 3.05) is 18.0 Å². The number of carbonyl (C=O) groups is 1. The van der Waals surface area contributed by atoms with Crippen LogP contribution in [0.1, 0.15) is 30.7 Å². The van der Waals surface area contributed by atoms with Crippen molar-refractivity contribution in [3.05, 3.63) is 11.4 Å². The molecule has 19 heavy (non-hydrogen) atoms. The second kappa shape index (κ2) is 4.15. The van der Waals surface area contributed by atoms with Crippen molar-refractivity contribution in [3.63, 3.8) is 0 Å². The predicted molar refractivity (Wildman–Crippen MR) is 68.9 cm³/mol. The molecular formula is C13H18N4O2. The third-order valence-corrected chi connectivity index (χ3v) is 4.66. The van der Waals surface area contributed by atoms with Crippen molar-refractivity contribution in [2.45, 2.75) is 33.1 Å². The Morgan fingerprint density at radius 3 is 2.79 bits per heavy atom. The maximum absolute atomic E-state index is 11.6. The summed E-state index contributed by atoms with van der Waals surface area (Å²) in [4.78, 5) is 18.0. The number of hydrogen-bond acceptors (Lipinski definition) is 5. The Hall–Kier alpha value is -1.72. The molecule has 2 atom stereocenters. The van der Waals surface area contributed by atoms with Gasteiger partial charge < -0.3 is 10.0 Å². The van der Waals surface area contributed by atoms with E-state index in [-0.39, 0.29) is 5.92 Å². The molecule has 0 bridgehead atoms. The molecule has 1 aromatic rings. The molecule has 0 aromatic carbocycles. The quantitative estimate of drug-likeness (QED) is 0.862. The zero-order chi connectivity index (χ0) is 13.6. The summed E-state index contributed by atoms with van der Waals surface area (Å²) in [6.45, 7) is 5.02. The van der Waals surface area contributed by atoms with Gasteiger partial charge in [0.2, 0.25) is 5.95 Å². The minimum atomic E-state index is -0.672. The van der Waals surface area contributed by atoms with Crippen LogP contribution in [0.15, 0.2) is 0 Å². The van der Waals surface area contributed by atoms with Crippen LogP contribution in [0.2, 0.25) is 0 Å². The summed E-state index contributed by atoms with van der Waals surface area (Å²) in [5.74, 6) is 0.114. The lowest BCUT2D eigenvalue weighted by Crippen LogP contribution is -2.36. The van der Waals surface area contributed by atoms with Gasteiger partial charge in [-0.2, -0.15) is 5.10 Å². The van der Waals surface area contributed by atoms with Gasteiger partial charge in [-0.25, -0.2) is 4.98 Å². The number of fused-ring (bicyclic) bond motifs is 1. The number of nitrogens with zero attached hydrogens (tertiary/aromatic N) is 4. The smallest absolute Gasteiger partial charge is 0.311 e. The van der Waals surface area contributed by atoms with Gasteiger partial charge in [0.05, 0.1) is 16.8 Å². The van der Waals surface area contributed by atoms with E-state index in [0.717, 1.165) is 37.2 Å². The van der Waals surface area contributed by atoms with Gasteiger partial charge >= 0.3 is 5.97 Å². The standard InChI is InChI=1S/C13H18N4O2/c1-8-9(2)15-16-12(14-8)17-6-10-4-3-5-13(10,7-17)11(18)19/h10H,3-7H2,1-2H3,(H,18,19)/t10-,13+/m0/s1. The predicted octanol–water partition coefficient (Wildman–Crippen LogP) is 1.18. The molecule has 1 aliphatic heterocycles. The number of anilines is 1. The molecule has 1 N–H and O–H groups in total. The van der Waals surface area contributed by atoms with Gasteiger partial charge in [0.15, 0.2) is 0 Å². The van der Waals surface area contributed by atoms with E-state index in [1.165, 1.54) is 0 Å². The first-order valence-corrected chi connectivity index (χ1v) is 6.69. The zero-order valence-electron chi connectivity index (χ0n) is 11.3. The highest BCUT2D eigenvalue weighted by Gasteiger charge is 2.55. The molecule has 0 unspecified atom stereocenters. The number of carboxylic acid groups (broad SMARTS) is 1. The van der Waals surface area contributed by atoms with Gasteiger partial charge in [-0.15, -0.1) is 5.10 Å². The number of carboxylic acids is 1. The zero-order valence-corrected chi connectivity index (χ0v) is 11.3. The fourth-order valence-corrected chi connectivity index (χ4v) is 3.37. The van der Waals surface area contributed by atoms with Crippen LogP contribution in [0.4, 0.5) is 5.95 Å². The molecule has 2 fully saturated rings. The Labute approximate surface area is 111 Å². The van der Waals surface area contributed by atoms with Crippen LogP contribution < -0.4 is 4.90 Å². The van der Waals surface area contributed by atoms with Gasteiger partial charge in [-0.3, -0.25) is 4.79 Å². The van der Waals surface area contributed by atoms with Crippen LogP contribution >= 0.6 is 0 Å². The van der Waals surface area contributed by atoms with Gasteiger partial charge in [0.25, 0.3) is 0 Å². The third-order valence-electron chi connectivity index (χ3n) is 4.66. The first kappa shape index (κ1) is 12.3. The molecule has 2 aliphatic rings. The Balaban J connectivity index is 1.89. The lowest BCUT2D eigenvalue weighted by Gasteiger charge is -2.23. The Morgan fingerprint density at radius 1 is 1.37 bits per heavy atom. The van der Waals surface area contributed by atoms with Crippen LogP contribution in [0.25, 0.3) is 0 Å². The Kier molecular flexibility index (Phi) is 2.69. The average Bonchev–Trinajstić information content (AvgIpc) is 2.89. The number of aryl methyl sites for hydroxylation is 2. The molecule has 1 saturated heterocycles. The first-order valence-electron chi connectivity index (χ1n) is 6.69. The average molecular weight is 262 g/mol. The van der Waals surface area contributed by atoms with E-state index in [1.54, 1.807) is 0 Å². The van der Waals surface area contributed by atoms with Gasteiger partial charge in [0, 0.05) is 13.1 Å². The van der Waals surface area contributed by atoms with Crippen LogP contribution in [0, 0.1) is 25.2 Å². The Bertz CT molecular complexity index is 533. The second-order valence-electron chi connectivity index (χ2n) is 5.71. The van der Waals surface area contributed by atoms with E-state index in [4.69, 9.17) is 0 Å². The molecule has 102 valence electrons. The van der Waals surface area contributed by atoms with Crippen molar-refractivity contribution >= 4 is 11.9 Å².